The zero-order chi connectivity index (χ0) is 71.1. The van der Waals surface area contributed by atoms with Crippen molar-refractivity contribution in [1.29, 1.82) is 0 Å². The van der Waals surface area contributed by atoms with Crippen molar-refractivity contribution in [2.45, 2.75) is 89.7 Å². The number of benzene rings is 4. The third kappa shape index (κ3) is 15.2. The number of piperidine rings is 3. The Bertz CT molecular complexity index is 5310. The number of rotatable bonds is 17. The molecule has 0 radical (unpaired) electrons. The van der Waals surface area contributed by atoms with Crippen molar-refractivity contribution in [1.82, 2.24) is 76.4 Å². The highest BCUT2D eigenvalue weighted by molar-refractivity contribution is 7.92. The van der Waals surface area contributed by atoms with Gasteiger partial charge in [0.05, 0.1) is 102 Å². The minimum atomic E-state index is -3.39. The van der Waals surface area contributed by atoms with Crippen LogP contribution in [0.3, 0.4) is 0 Å². The number of hydrogen-bond donors (Lipinski definition) is 4. The first kappa shape index (κ1) is 70.5. The summed E-state index contributed by atoms with van der Waals surface area (Å²) < 4.78 is 106. The molecule has 4 aromatic carbocycles. The van der Waals surface area contributed by atoms with Crippen LogP contribution >= 0.6 is 22.7 Å². The van der Waals surface area contributed by atoms with Crippen molar-refractivity contribution >= 4 is 58.0 Å². The van der Waals surface area contributed by atoms with Crippen LogP contribution in [0.2, 0.25) is 0 Å². The van der Waals surface area contributed by atoms with E-state index >= 15 is 0 Å². The van der Waals surface area contributed by atoms with Crippen molar-refractivity contribution in [2.75, 3.05) is 59.2 Å². The first-order valence-corrected chi connectivity index (χ1v) is 39.0. The molecule has 3 saturated heterocycles. The smallest absolute Gasteiger partial charge is 0.270 e. The molecule has 11 heterocycles. The molecule has 3 aliphatic rings. The molecule has 0 bridgehead atoms. The number of anilines is 1. The van der Waals surface area contributed by atoms with Gasteiger partial charge in [-0.3, -0.25) is 9.97 Å². The number of nitrogens with zero attached hydrogens (tertiary/aromatic N) is 12. The lowest BCUT2D eigenvalue weighted by molar-refractivity contribution is 0.414. The van der Waals surface area contributed by atoms with Gasteiger partial charge in [-0.15, -0.1) is 53.3 Å². The number of para-hydroxylation sites is 1. The van der Waals surface area contributed by atoms with E-state index in [1.807, 2.05) is 67.9 Å². The van der Waals surface area contributed by atoms with Crippen molar-refractivity contribution < 1.29 is 53.7 Å². The quantitative estimate of drug-likeness (QED) is 0.0658. The first-order chi connectivity index (χ1) is 49.4. The molecule has 0 amide bonds. The average molecular weight is 1480 g/mol. The zero-order valence-electron chi connectivity index (χ0n) is 56.0. The van der Waals surface area contributed by atoms with E-state index in [-0.39, 0.29) is 34.9 Å². The largest absolute Gasteiger partial charge is 0.496 e. The minimum absolute atomic E-state index is 0. The molecule has 0 saturated carbocycles. The molecule has 8 aromatic heterocycles. The molecule has 0 spiro atoms. The van der Waals surface area contributed by atoms with Crippen molar-refractivity contribution in [3.05, 3.63) is 155 Å². The van der Waals surface area contributed by atoms with Crippen LogP contribution in [0.25, 0.3) is 102 Å². The van der Waals surface area contributed by atoms with Crippen LogP contribution in [-0.4, -0.2) is 155 Å². The van der Waals surface area contributed by atoms with E-state index in [9.17, 15) is 25.3 Å². The molecule has 102 heavy (non-hydrogen) atoms. The maximum Gasteiger partial charge on any atom is 0.270 e. The lowest BCUT2D eigenvalue weighted by atomic mass is 10.1. The Kier molecular flexibility index (Phi) is 21.2. The zero-order valence-corrected chi connectivity index (χ0v) is 60.1. The molecule has 5 N–H and O–H groups in total. The number of ether oxygens (including phenoxy) is 2. The molecule has 3 fully saturated rings. The Morgan fingerprint density at radius 2 is 0.833 bits per heavy atom. The summed E-state index contributed by atoms with van der Waals surface area (Å²) in [7, 11) is -7.00. The van der Waals surface area contributed by atoms with E-state index in [0.29, 0.717) is 134 Å². The Balaban J connectivity index is 0.000000181. The van der Waals surface area contributed by atoms with Gasteiger partial charge in [0.1, 0.15) is 27.8 Å². The molecule has 0 aliphatic carbocycles. The van der Waals surface area contributed by atoms with Gasteiger partial charge in [0.2, 0.25) is 0 Å². The van der Waals surface area contributed by atoms with Gasteiger partial charge in [0.15, 0.2) is 41.0 Å². The molecule has 3 atom stereocenters. The maximum absolute atomic E-state index is 13.0. The summed E-state index contributed by atoms with van der Waals surface area (Å²) in [5.41, 5.74) is 14.1. The summed E-state index contributed by atoms with van der Waals surface area (Å²) >= 11 is 2.96. The van der Waals surface area contributed by atoms with Crippen molar-refractivity contribution in [2.24, 2.45) is 0 Å². The van der Waals surface area contributed by atoms with Gasteiger partial charge < -0.3 is 44.4 Å². The lowest BCUT2D eigenvalue weighted by Crippen LogP contribution is -2.38. The van der Waals surface area contributed by atoms with Crippen molar-refractivity contribution in [3.63, 3.8) is 0 Å². The number of aryl methyl sites for hydroxylation is 3. The van der Waals surface area contributed by atoms with Gasteiger partial charge in [-0.05, 0) is 156 Å². The molecular weight excluding hydrogens is 1400 g/mol. The summed E-state index contributed by atoms with van der Waals surface area (Å²) in [5.74, 6) is 3.18. The number of aromatic nitrogens is 12. The highest BCUT2D eigenvalue weighted by Gasteiger charge is 2.32. The van der Waals surface area contributed by atoms with Crippen LogP contribution in [0, 0.1) is 20.8 Å². The van der Waals surface area contributed by atoms with Gasteiger partial charge in [-0.1, -0.05) is 48.5 Å². The van der Waals surface area contributed by atoms with E-state index in [4.69, 9.17) is 33.4 Å². The highest BCUT2D eigenvalue weighted by Crippen LogP contribution is 2.38. The van der Waals surface area contributed by atoms with E-state index in [2.05, 4.69) is 71.5 Å². The fourth-order valence-corrected chi connectivity index (χ4v) is 18.6. The number of nitrogens with two attached hydrogens (primary N) is 1. The Hall–Kier alpha value is -9.93. The lowest BCUT2D eigenvalue weighted by Gasteiger charge is -2.22. The van der Waals surface area contributed by atoms with E-state index in [1.54, 1.807) is 99.4 Å². The SMILES string of the molecule is COc1ccccc1-c1nnc(-c2nc(-c3ccc(S(=O)(=O)C4CCCNC4)cc3)cnc2C)o1.COc1ccsc1-c1nnc(-c2nc(-c3ccc(S(=O)(=O)C4CCCNC4)cc3)cnc2C)o1.Cc1ccsc1-c1nnc(-c2nc(-c3ccc(S(=O)(=O)C4CCCNC4)cc3)cnc2N)o1.[HH].[HH].[HH].[HH]. The molecule has 3 unspecified atom stereocenters. The second-order valence-corrected chi connectivity index (χ2v) is 32.7. The second-order valence-electron chi connectivity index (χ2n) is 24.2. The molecular formula is C70H78N16O11S5. The number of methoxy groups -OCH3 is 2. The van der Waals surface area contributed by atoms with Crippen LogP contribution in [0.4, 0.5) is 5.82 Å². The summed E-state index contributed by atoms with van der Waals surface area (Å²) in [6.07, 6.45) is 9.42. The number of nitrogen functional groups attached to an aromatic ring is 1. The fourth-order valence-electron chi connectivity index (χ4n) is 11.8. The third-order valence-electron chi connectivity index (χ3n) is 17.5. The average Bonchev–Trinajstić information content (AvgIpc) is 1.47. The highest BCUT2D eigenvalue weighted by atomic mass is 32.2. The van der Waals surface area contributed by atoms with Gasteiger partial charge in [-0.2, -0.15) is 0 Å². The number of thiophene rings is 2. The molecule has 15 rings (SSSR count). The van der Waals surface area contributed by atoms with Gasteiger partial charge in [0.25, 0.3) is 35.3 Å². The summed E-state index contributed by atoms with van der Waals surface area (Å²) in [4.78, 5) is 29.6. The molecule has 534 valence electrons. The molecule has 32 heteroatoms. The predicted molar refractivity (Wildman–Crippen MR) is 394 cm³/mol. The normalized spacial score (nSPS) is 16.5. The Labute approximate surface area is 602 Å². The summed E-state index contributed by atoms with van der Waals surface area (Å²) in [6, 6.07) is 31.4. The van der Waals surface area contributed by atoms with Crippen LogP contribution in [0.15, 0.2) is 166 Å². The van der Waals surface area contributed by atoms with E-state index in [0.717, 1.165) is 65.3 Å². The van der Waals surface area contributed by atoms with Crippen LogP contribution in [-0.2, 0) is 29.5 Å². The van der Waals surface area contributed by atoms with Crippen LogP contribution in [0.5, 0.6) is 11.5 Å². The van der Waals surface area contributed by atoms with Gasteiger partial charge >= 0.3 is 0 Å². The predicted octanol–water partition coefficient (Wildman–Crippen LogP) is 11.8. The summed E-state index contributed by atoms with van der Waals surface area (Å²) in [6.45, 7) is 9.63. The fraction of sp³-hybridized carbons (Fsp3) is 0.286. The van der Waals surface area contributed by atoms with Gasteiger partial charge in [-0.25, -0.2) is 45.2 Å². The topological polar surface area (TPSA) is 377 Å². The van der Waals surface area contributed by atoms with Crippen LogP contribution in [0.1, 0.15) is 61.2 Å². The standard InChI is InChI=1S/C25H25N5O4S.C23H23N5O4S2.C22H22N6O3S2.4H2/c1-16-23(25-30-29-24(34-25)20-7-3-4-8-22(20)33-2)28-21(15-27-16)17-9-11-18(12-10-17)35(31,32)19-6-5-13-26-14-19;1-14-20(22-27-28-23(32-22)21-19(31-2)9-11-33-21)26-18(13-25-14)15-5-7-16(8-6-15)34(29,30)17-4-3-10-24-12-17;1-13-8-10-32-19(13)22-28-27-21(31-22)18-20(23)25-12-17(26-18)14-4-6-15(7-5-14)33(29,30)16-3-2-9-24-11-16;;;;/h3-4,7-12,15,19,26H,5-6,13-14H2,1-2H3;5-9,11,13,17,24H,3-4,10,12H2,1-2H3;4-8,10,12,16,24H,2-3,9,11H2,1H3,(H2,23,25);4*1H. The monoisotopic (exact) mass is 1480 g/mol. The Morgan fingerprint density at radius 1 is 0.451 bits per heavy atom. The second kappa shape index (κ2) is 30.7. The first-order valence-electron chi connectivity index (χ1n) is 32.6. The number of nitrogens with one attached hydrogen (secondary N) is 3. The van der Waals surface area contributed by atoms with E-state index < -0.39 is 45.3 Å². The molecule has 12 aromatic rings. The van der Waals surface area contributed by atoms with Crippen LogP contribution < -0.4 is 31.2 Å². The van der Waals surface area contributed by atoms with Gasteiger partial charge in [0, 0.05) is 42.0 Å². The molecule has 3 aliphatic heterocycles. The minimum Gasteiger partial charge on any atom is -0.496 e. The summed E-state index contributed by atoms with van der Waals surface area (Å²) in [5, 5.41) is 37.0. The van der Waals surface area contributed by atoms with Crippen molar-refractivity contribution in [3.8, 4) is 113 Å². The van der Waals surface area contributed by atoms with E-state index in [1.165, 1.54) is 28.9 Å². The number of hydrogen-bond acceptors (Lipinski definition) is 29. The molecule has 27 nitrogen and oxygen atoms in total. The third-order valence-corrected chi connectivity index (χ3v) is 26.1. The Morgan fingerprint density at radius 3 is 1.26 bits per heavy atom. The maximum atomic E-state index is 13.0. The number of sulfone groups is 3.